The van der Waals surface area contributed by atoms with E-state index in [4.69, 9.17) is 10.3 Å². The first-order valence-corrected chi connectivity index (χ1v) is 6.78. The molecule has 2 rings (SSSR count). The predicted molar refractivity (Wildman–Crippen MR) is 69.2 cm³/mol. The van der Waals surface area contributed by atoms with Gasteiger partial charge in [0.05, 0.1) is 12.3 Å². The average Bonchev–Trinajstić information content (AvgIpc) is 2.78. The summed E-state index contributed by atoms with van der Waals surface area (Å²) in [5.74, 6) is 8.22. The molecular formula is C14H24N2O. The van der Waals surface area contributed by atoms with Crippen molar-refractivity contribution in [3.05, 3.63) is 23.7 Å². The maximum atomic E-state index is 5.79. The van der Waals surface area contributed by atoms with E-state index in [1.807, 2.05) is 6.92 Å². The molecule has 1 fully saturated rings. The van der Waals surface area contributed by atoms with Gasteiger partial charge in [0, 0.05) is 5.56 Å². The van der Waals surface area contributed by atoms with E-state index in [1.165, 1.54) is 37.7 Å². The van der Waals surface area contributed by atoms with Gasteiger partial charge in [0.25, 0.3) is 0 Å². The molecule has 3 nitrogen and oxygen atoms in total. The van der Waals surface area contributed by atoms with E-state index >= 15 is 0 Å². The molecule has 1 heterocycles. The maximum absolute atomic E-state index is 5.79. The largest absolute Gasteiger partial charge is 0.469 e. The molecule has 3 atom stereocenters. The molecule has 3 heteroatoms. The van der Waals surface area contributed by atoms with Crippen LogP contribution in [0.5, 0.6) is 0 Å². The first-order chi connectivity index (χ1) is 8.27. The second-order valence-corrected chi connectivity index (χ2v) is 5.19. The van der Waals surface area contributed by atoms with Gasteiger partial charge in [-0.15, -0.1) is 0 Å². The van der Waals surface area contributed by atoms with Gasteiger partial charge < -0.3 is 4.42 Å². The highest BCUT2D eigenvalue weighted by Gasteiger charge is 2.32. The van der Waals surface area contributed by atoms with Crippen molar-refractivity contribution in [3.63, 3.8) is 0 Å². The summed E-state index contributed by atoms with van der Waals surface area (Å²) < 4.78 is 5.41. The summed E-state index contributed by atoms with van der Waals surface area (Å²) in [4.78, 5) is 0. The lowest BCUT2D eigenvalue weighted by molar-refractivity contribution is 0.175. The van der Waals surface area contributed by atoms with Crippen molar-refractivity contribution in [2.24, 2.45) is 17.7 Å². The number of hydrazine groups is 1. The molecule has 1 aromatic rings. The SMILES string of the molecule is CCC1CCCCC1C(NN)c1ccoc1C. The van der Waals surface area contributed by atoms with Crippen LogP contribution in [0.15, 0.2) is 16.7 Å². The Morgan fingerprint density at radius 1 is 1.47 bits per heavy atom. The Bertz CT molecular complexity index is 348. The zero-order chi connectivity index (χ0) is 12.3. The number of nitrogens with one attached hydrogen (secondary N) is 1. The first-order valence-electron chi connectivity index (χ1n) is 6.78. The summed E-state index contributed by atoms with van der Waals surface area (Å²) in [7, 11) is 0. The number of furan rings is 1. The molecule has 0 spiro atoms. The Balaban J connectivity index is 2.19. The zero-order valence-corrected chi connectivity index (χ0v) is 10.9. The highest BCUT2D eigenvalue weighted by Crippen LogP contribution is 2.40. The highest BCUT2D eigenvalue weighted by molar-refractivity contribution is 5.21. The van der Waals surface area contributed by atoms with Crippen LogP contribution in [0.1, 0.15) is 56.4 Å². The van der Waals surface area contributed by atoms with E-state index in [9.17, 15) is 0 Å². The summed E-state index contributed by atoms with van der Waals surface area (Å²) in [6, 6.07) is 2.31. The lowest BCUT2D eigenvalue weighted by Gasteiger charge is -2.36. The molecule has 0 amide bonds. The van der Waals surface area contributed by atoms with Crippen LogP contribution in [0.25, 0.3) is 0 Å². The van der Waals surface area contributed by atoms with Crippen LogP contribution in [0, 0.1) is 18.8 Å². The van der Waals surface area contributed by atoms with Crippen molar-refractivity contribution in [1.29, 1.82) is 0 Å². The van der Waals surface area contributed by atoms with Crippen molar-refractivity contribution in [2.45, 2.75) is 52.0 Å². The van der Waals surface area contributed by atoms with Gasteiger partial charge in [-0.1, -0.05) is 32.6 Å². The zero-order valence-electron chi connectivity index (χ0n) is 10.9. The molecule has 3 N–H and O–H groups in total. The average molecular weight is 236 g/mol. The minimum Gasteiger partial charge on any atom is -0.469 e. The molecule has 0 aromatic carbocycles. The maximum Gasteiger partial charge on any atom is 0.105 e. The number of nitrogens with two attached hydrogens (primary N) is 1. The Kier molecular flexibility index (Phi) is 4.24. The Hall–Kier alpha value is -0.800. The molecule has 1 aliphatic rings. The minimum atomic E-state index is 0.249. The lowest BCUT2D eigenvalue weighted by Crippen LogP contribution is -2.38. The molecular weight excluding hydrogens is 212 g/mol. The van der Waals surface area contributed by atoms with Gasteiger partial charge >= 0.3 is 0 Å². The summed E-state index contributed by atoms with van der Waals surface area (Å²) >= 11 is 0. The molecule has 1 aromatic heterocycles. The van der Waals surface area contributed by atoms with Crippen LogP contribution < -0.4 is 11.3 Å². The minimum absolute atomic E-state index is 0.249. The van der Waals surface area contributed by atoms with Gasteiger partial charge in [-0.25, -0.2) is 0 Å². The Morgan fingerprint density at radius 3 is 2.82 bits per heavy atom. The van der Waals surface area contributed by atoms with Crippen LogP contribution in [0.3, 0.4) is 0 Å². The summed E-state index contributed by atoms with van der Waals surface area (Å²) in [5, 5.41) is 0. The van der Waals surface area contributed by atoms with Crippen molar-refractivity contribution in [1.82, 2.24) is 5.43 Å². The van der Waals surface area contributed by atoms with Crippen molar-refractivity contribution in [2.75, 3.05) is 0 Å². The summed E-state index contributed by atoms with van der Waals surface area (Å²) in [5.41, 5.74) is 4.25. The van der Waals surface area contributed by atoms with E-state index in [2.05, 4.69) is 18.4 Å². The van der Waals surface area contributed by atoms with E-state index in [0.29, 0.717) is 5.92 Å². The fourth-order valence-electron chi connectivity index (χ4n) is 3.34. The molecule has 96 valence electrons. The van der Waals surface area contributed by atoms with Gasteiger partial charge in [0.15, 0.2) is 0 Å². The summed E-state index contributed by atoms with van der Waals surface area (Å²) in [6.45, 7) is 4.31. The molecule has 1 aliphatic carbocycles. The van der Waals surface area contributed by atoms with Gasteiger partial charge in [0.2, 0.25) is 0 Å². The second-order valence-electron chi connectivity index (χ2n) is 5.19. The number of hydrogen-bond acceptors (Lipinski definition) is 3. The van der Waals surface area contributed by atoms with Gasteiger partial charge in [0.1, 0.15) is 5.76 Å². The molecule has 0 radical (unpaired) electrons. The van der Waals surface area contributed by atoms with Gasteiger partial charge in [-0.05, 0) is 31.2 Å². The molecule has 0 bridgehead atoms. The standard InChI is InChI=1S/C14H24N2O/c1-3-11-6-4-5-7-13(11)14(16-15)12-8-9-17-10(12)2/h8-9,11,13-14,16H,3-7,15H2,1-2H3. The Labute approximate surface area is 104 Å². The number of rotatable bonds is 4. The fourth-order valence-corrected chi connectivity index (χ4v) is 3.34. The van der Waals surface area contributed by atoms with Crippen LogP contribution in [-0.2, 0) is 0 Å². The van der Waals surface area contributed by atoms with Crippen LogP contribution >= 0.6 is 0 Å². The normalized spacial score (nSPS) is 27.0. The van der Waals surface area contributed by atoms with Crippen molar-refractivity contribution < 1.29 is 4.42 Å². The van der Waals surface area contributed by atoms with Gasteiger partial charge in [-0.2, -0.15) is 0 Å². The third-order valence-electron chi connectivity index (χ3n) is 4.33. The van der Waals surface area contributed by atoms with E-state index in [-0.39, 0.29) is 6.04 Å². The topological polar surface area (TPSA) is 51.2 Å². The third kappa shape index (κ3) is 2.55. The quantitative estimate of drug-likeness (QED) is 0.623. The van der Waals surface area contributed by atoms with Crippen LogP contribution in [0.4, 0.5) is 0 Å². The second kappa shape index (κ2) is 5.69. The molecule has 0 aliphatic heterocycles. The van der Waals surface area contributed by atoms with Gasteiger partial charge in [-0.3, -0.25) is 11.3 Å². The highest BCUT2D eigenvalue weighted by atomic mass is 16.3. The van der Waals surface area contributed by atoms with Crippen LogP contribution in [-0.4, -0.2) is 0 Å². The first kappa shape index (κ1) is 12.7. The van der Waals surface area contributed by atoms with Crippen molar-refractivity contribution in [3.8, 4) is 0 Å². The summed E-state index contributed by atoms with van der Waals surface area (Å²) in [6.07, 6.45) is 8.33. The Morgan fingerprint density at radius 2 is 2.24 bits per heavy atom. The molecule has 0 saturated heterocycles. The van der Waals surface area contributed by atoms with E-state index in [1.54, 1.807) is 6.26 Å². The van der Waals surface area contributed by atoms with E-state index < -0.39 is 0 Å². The smallest absolute Gasteiger partial charge is 0.105 e. The number of hydrogen-bond donors (Lipinski definition) is 2. The lowest BCUT2D eigenvalue weighted by atomic mass is 9.72. The number of aryl methyl sites for hydroxylation is 1. The monoisotopic (exact) mass is 236 g/mol. The molecule has 17 heavy (non-hydrogen) atoms. The molecule has 1 saturated carbocycles. The molecule has 3 unspecified atom stereocenters. The fraction of sp³-hybridized carbons (Fsp3) is 0.714. The van der Waals surface area contributed by atoms with Crippen LogP contribution in [0.2, 0.25) is 0 Å². The third-order valence-corrected chi connectivity index (χ3v) is 4.33. The van der Waals surface area contributed by atoms with Crippen molar-refractivity contribution >= 4 is 0 Å². The predicted octanol–water partition coefficient (Wildman–Crippen LogP) is 3.31. The van der Waals surface area contributed by atoms with E-state index in [0.717, 1.165) is 11.7 Å².